The van der Waals surface area contributed by atoms with Gasteiger partial charge in [-0.15, -0.1) is 0 Å². The number of likely N-dealkylation sites (tertiary alicyclic amines) is 1. The molecule has 0 aromatic heterocycles. The number of nitrogens with one attached hydrogen (secondary N) is 1. The van der Waals surface area contributed by atoms with Gasteiger partial charge in [0.15, 0.2) is 0 Å². The van der Waals surface area contributed by atoms with Crippen molar-refractivity contribution in [3.63, 3.8) is 0 Å². The number of nitrogens with zero attached hydrogens (tertiary/aromatic N) is 1. The third-order valence-corrected chi connectivity index (χ3v) is 3.04. The smallest absolute Gasteiger partial charge is 0.314 e. The lowest BCUT2D eigenvalue weighted by atomic mass is 9.90. The van der Waals surface area contributed by atoms with Gasteiger partial charge >= 0.3 is 6.03 Å². The molecule has 1 heterocycles. The molecule has 1 saturated heterocycles. The van der Waals surface area contributed by atoms with Gasteiger partial charge in [-0.3, -0.25) is 0 Å². The number of primary amides is 1. The molecule has 5 nitrogen and oxygen atoms in total. The molecule has 0 aromatic rings. The molecular weight excluding hydrogens is 232 g/mol. The van der Waals surface area contributed by atoms with Gasteiger partial charge in [0.2, 0.25) is 0 Å². The first-order valence-corrected chi connectivity index (χ1v) is 5.64. The summed E-state index contributed by atoms with van der Waals surface area (Å²) in [6.07, 6.45) is -2.45. The van der Waals surface area contributed by atoms with Gasteiger partial charge in [-0.05, 0) is 13.3 Å². The maximum absolute atomic E-state index is 12.1. The number of alkyl halides is 2. The summed E-state index contributed by atoms with van der Waals surface area (Å²) in [5, 5.41) is 12.2. The SMILES string of the molecule is CC(O)C1CC(NCC(F)F)CN(C(N)=O)C1. The molecule has 7 heteroatoms. The topological polar surface area (TPSA) is 78.6 Å². The fourth-order valence-electron chi connectivity index (χ4n) is 2.07. The number of nitrogens with two attached hydrogens (primary N) is 1. The van der Waals surface area contributed by atoms with Gasteiger partial charge < -0.3 is 21.1 Å². The normalized spacial score (nSPS) is 27.2. The Morgan fingerprint density at radius 3 is 2.71 bits per heavy atom. The molecule has 3 unspecified atom stereocenters. The number of piperidine rings is 1. The van der Waals surface area contributed by atoms with Crippen molar-refractivity contribution in [3.05, 3.63) is 0 Å². The number of carbonyl (C=O) groups excluding carboxylic acids is 1. The summed E-state index contributed by atoms with van der Waals surface area (Å²) in [5.74, 6) is -0.133. The largest absolute Gasteiger partial charge is 0.393 e. The predicted molar refractivity (Wildman–Crippen MR) is 58.7 cm³/mol. The molecule has 1 fully saturated rings. The molecular formula is C10H19F2N3O2. The minimum Gasteiger partial charge on any atom is -0.393 e. The standard InChI is InChI=1S/C10H19F2N3O2/c1-6(16)7-2-8(14-3-9(11)12)5-15(4-7)10(13)17/h6-9,14,16H,2-5H2,1H3,(H2,13,17). The highest BCUT2D eigenvalue weighted by Gasteiger charge is 2.31. The van der Waals surface area contributed by atoms with Crippen molar-refractivity contribution in [1.29, 1.82) is 0 Å². The van der Waals surface area contributed by atoms with Crippen LogP contribution in [0.1, 0.15) is 13.3 Å². The van der Waals surface area contributed by atoms with Crippen molar-refractivity contribution in [2.24, 2.45) is 11.7 Å². The van der Waals surface area contributed by atoms with E-state index in [2.05, 4.69) is 5.32 Å². The molecule has 0 saturated carbocycles. The minimum atomic E-state index is -2.43. The highest BCUT2D eigenvalue weighted by molar-refractivity contribution is 5.72. The van der Waals surface area contributed by atoms with E-state index < -0.39 is 25.1 Å². The minimum absolute atomic E-state index is 0.133. The number of carbonyl (C=O) groups is 1. The van der Waals surface area contributed by atoms with E-state index in [-0.39, 0.29) is 12.0 Å². The number of rotatable bonds is 4. The lowest BCUT2D eigenvalue weighted by Gasteiger charge is -2.38. The maximum Gasteiger partial charge on any atom is 0.314 e. The van der Waals surface area contributed by atoms with Crippen molar-refractivity contribution in [1.82, 2.24) is 10.2 Å². The molecule has 1 rings (SSSR count). The van der Waals surface area contributed by atoms with Crippen LogP contribution in [0.2, 0.25) is 0 Å². The number of hydrogen-bond acceptors (Lipinski definition) is 3. The van der Waals surface area contributed by atoms with E-state index >= 15 is 0 Å². The van der Waals surface area contributed by atoms with Gasteiger partial charge in [0, 0.05) is 25.0 Å². The first kappa shape index (κ1) is 14.1. The van der Waals surface area contributed by atoms with Crippen LogP contribution in [-0.2, 0) is 0 Å². The van der Waals surface area contributed by atoms with Crippen LogP contribution in [0.25, 0.3) is 0 Å². The van der Waals surface area contributed by atoms with Crippen LogP contribution in [0.4, 0.5) is 13.6 Å². The Labute approximate surface area is 99.0 Å². The molecule has 17 heavy (non-hydrogen) atoms. The van der Waals surface area contributed by atoms with Gasteiger partial charge in [0.05, 0.1) is 12.6 Å². The van der Waals surface area contributed by atoms with Crippen LogP contribution in [0.5, 0.6) is 0 Å². The van der Waals surface area contributed by atoms with Crippen molar-refractivity contribution in [2.45, 2.75) is 31.9 Å². The zero-order chi connectivity index (χ0) is 13.0. The molecule has 0 spiro atoms. The second-order valence-electron chi connectivity index (χ2n) is 4.48. The number of aliphatic hydroxyl groups excluding tert-OH is 1. The molecule has 1 aliphatic heterocycles. The number of amides is 2. The van der Waals surface area contributed by atoms with Gasteiger partial charge in [0.25, 0.3) is 6.43 Å². The molecule has 1 aliphatic rings. The Hall–Kier alpha value is -0.950. The van der Waals surface area contributed by atoms with E-state index in [1.165, 1.54) is 4.90 Å². The summed E-state index contributed by atoms with van der Waals surface area (Å²) in [6, 6.07) is -0.830. The van der Waals surface area contributed by atoms with E-state index in [1.54, 1.807) is 6.92 Å². The van der Waals surface area contributed by atoms with Gasteiger partial charge in [0.1, 0.15) is 0 Å². The third-order valence-electron chi connectivity index (χ3n) is 3.04. The van der Waals surface area contributed by atoms with Crippen LogP contribution in [0, 0.1) is 5.92 Å². The molecule has 0 aliphatic carbocycles. The van der Waals surface area contributed by atoms with Crippen molar-refractivity contribution >= 4 is 6.03 Å². The van der Waals surface area contributed by atoms with Crippen molar-refractivity contribution in [2.75, 3.05) is 19.6 Å². The summed E-state index contributed by atoms with van der Waals surface area (Å²) in [4.78, 5) is 12.5. The van der Waals surface area contributed by atoms with Gasteiger partial charge in [-0.25, -0.2) is 13.6 Å². The van der Waals surface area contributed by atoms with E-state index in [1.807, 2.05) is 0 Å². The predicted octanol–water partition coefficient (Wildman–Crippen LogP) is -0.00890. The van der Waals surface area contributed by atoms with Gasteiger partial charge in [-0.2, -0.15) is 0 Å². The fourth-order valence-corrected chi connectivity index (χ4v) is 2.07. The number of urea groups is 1. The lowest BCUT2D eigenvalue weighted by molar-refractivity contribution is 0.0572. The molecule has 0 aromatic carbocycles. The third kappa shape index (κ3) is 4.43. The molecule has 0 bridgehead atoms. The van der Waals surface area contributed by atoms with Crippen LogP contribution >= 0.6 is 0 Å². The number of hydrogen-bond donors (Lipinski definition) is 3. The summed E-state index contributed by atoms with van der Waals surface area (Å²) in [5.41, 5.74) is 5.18. The van der Waals surface area contributed by atoms with Crippen LogP contribution in [-0.4, -0.2) is 54.2 Å². The Kier molecular flexibility index (Phi) is 5.07. The first-order chi connectivity index (χ1) is 7.90. The summed E-state index contributed by atoms with van der Waals surface area (Å²) < 4.78 is 24.2. The zero-order valence-electron chi connectivity index (χ0n) is 9.77. The molecule has 4 N–H and O–H groups in total. The molecule has 0 radical (unpaired) electrons. The van der Waals surface area contributed by atoms with Crippen LogP contribution < -0.4 is 11.1 Å². The quantitative estimate of drug-likeness (QED) is 0.657. The Bertz CT molecular complexity index is 264. The summed E-state index contributed by atoms with van der Waals surface area (Å²) in [7, 11) is 0. The van der Waals surface area contributed by atoms with Gasteiger partial charge in [-0.1, -0.05) is 0 Å². The van der Waals surface area contributed by atoms with Crippen molar-refractivity contribution in [3.8, 4) is 0 Å². The average Bonchev–Trinajstić information content (AvgIpc) is 2.25. The fraction of sp³-hybridized carbons (Fsp3) is 0.900. The Morgan fingerprint density at radius 1 is 1.59 bits per heavy atom. The van der Waals surface area contributed by atoms with E-state index in [0.29, 0.717) is 19.5 Å². The van der Waals surface area contributed by atoms with E-state index in [0.717, 1.165) is 0 Å². The zero-order valence-corrected chi connectivity index (χ0v) is 9.77. The molecule has 3 atom stereocenters. The lowest BCUT2D eigenvalue weighted by Crippen LogP contribution is -2.55. The Morgan fingerprint density at radius 2 is 2.24 bits per heavy atom. The number of halogens is 2. The van der Waals surface area contributed by atoms with Crippen LogP contribution in [0.15, 0.2) is 0 Å². The summed E-state index contributed by atoms with van der Waals surface area (Å²) >= 11 is 0. The maximum atomic E-state index is 12.1. The average molecular weight is 251 g/mol. The molecule has 2 amide bonds. The van der Waals surface area contributed by atoms with E-state index in [4.69, 9.17) is 5.73 Å². The van der Waals surface area contributed by atoms with Crippen LogP contribution in [0.3, 0.4) is 0 Å². The second-order valence-corrected chi connectivity index (χ2v) is 4.48. The molecule has 100 valence electrons. The van der Waals surface area contributed by atoms with E-state index in [9.17, 15) is 18.7 Å². The second kappa shape index (κ2) is 6.11. The number of aliphatic hydroxyl groups is 1. The summed E-state index contributed by atoms with van der Waals surface area (Å²) in [6.45, 7) is 1.90. The highest BCUT2D eigenvalue weighted by Crippen LogP contribution is 2.20. The first-order valence-electron chi connectivity index (χ1n) is 5.64. The highest BCUT2D eigenvalue weighted by atomic mass is 19.3. The monoisotopic (exact) mass is 251 g/mol. The van der Waals surface area contributed by atoms with Crippen molar-refractivity contribution < 1.29 is 18.7 Å². The Balaban J connectivity index is 2.55.